The van der Waals surface area contributed by atoms with Crippen LogP contribution in [0.3, 0.4) is 0 Å². The number of hydrogen-bond donors (Lipinski definition) is 1. The maximum absolute atomic E-state index is 13.0. The average Bonchev–Trinajstić information content (AvgIpc) is 3.07. The minimum atomic E-state index is 0.0101. The van der Waals surface area contributed by atoms with Gasteiger partial charge in [0.1, 0.15) is 11.9 Å². The van der Waals surface area contributed by atoms with Crippen molar-refractivity contribution in [3.8, 4) is 0 Å². The maximum atomic E-state index is 13.0. The third kappa shape index (κ3) is 3.93. The smallest absolute Gasteiger partial charge is 0.223 e. The van der Waals surface area contributed by atoms with E-state index in [9.17, 15) is 4.79 Å². The van der Waals surface area contributed by atoms with Crippen molar-refractivity contribution in [3.05, 3.63) is 53.6 Å². The van der Waals surface area contributed by atoms with Crippen LogP contribution in [0.25, 0.3) is 0 Å². The monoisotopic (exact) mass is 340 g/mol. The predicted molar refractivity (Wildman–Crippen MR) is 99.4 cm³/mol. The first-order valence-corrected chi connectivity index (χ1v) is 9.16. The zero-order chi connectivity index (χ0) is 17.8. The lowest BCUT2D eigenvalue weighted by atomic mass is 9.95. The van der Waals surface area contributed by atoms with Gasteiger partial charge in [-0.3, -0.25) is 4.79 Å². The molecule has 1 N–H and O–H groups in total. The van der Waals surface area contributed by atoms with Crippen molar-refractivity contribution in [1.82, 2.24) is 19.8 Å². The Hall–Kier alpha value is -2.14. The quantitative estimate of drug-likeness (QED) is 0.910. The SMILES string of the molecule is CCc1ccc(C(C)CC(=O)N2CCNCC2c2nccn2C)cc1. The molecule has 3 rings (SSSR count). The van der Waals surface area contributed by atoms with Crippen molar-refractivity contribution in [2.24, 2.45) is 7.05 Å². The van der Waals surface area contributed by atoms with Gasteiger partial charge in [-0.05, 0) is 23.5 Å². The van der Waals surface area contributed by atoms with E-state index >= 15 is 0 Å². The minimum Gasteiger partial charge on any atom is -0.336 e. The van der Waals surface area contributed by atoms with Crippen molar-refractivity contribution < 1.29 is 4.79 Å². The van der Waals surface area contributed by atoms with Gasteiger partial charge in [-0.25, -0.2) is 4.98 Å². The van der Waals surface area contributed by atoms with Gasteiger partial charge < -0.3 is 14.8 Å². The van der Waals surface area contributed by atoms with Crippen LogP contribution in [0, 0.1) is 0 Å². The number of rotatable bonds is 5. The molecule has 2 unspecified atom stereocenters. The molecule has 1 amide bonds. The van der Waals surface area contributed by atoms with Crippen LogP contribution in [-0.2, 0) is 18.3 Å². The van der Waals surface area contributed by atoms with Crippen molar-refractivity contribution in [1.29, 1.82) is 0 Å². The Morgan fingerprint density at radius 2 is 2.12 bits per heavy atom. The van der Waals surface area contributed by atoms with Gasteiger partial charge in [0, 0.05) is 45.5 Å². The van der Waals surface area contributed by atoms with Gasteiger partial charge in [0.05, 0.1) is 0 Å². The maximum Gasteiger partial charge on any atom is 0.223 e. The highest BCUT2D eigenvalue weighted by Gasteiger charge is 2.31. The third-order valence-corrected chi connectivity index (χ3v) is 5.16. The highest BCUT2D eigenvalue weighted by molar-refractivity contribution is 5.77. The average molecular weight is 340 g/mol. The van der Waals surface area contributed by atoms with E-state index in [0.717, 1.165) is 31.9 Å². The number of nitrogens with one attached hydrogen (secondary N) is 1. The molecule has 5 nitrogen and oxygen atoms in total. The molecule has 2 atom stereocenters. The molecule has 1 saturated heterocycles. The summed E-state index contributed by atoms with van der Waals surface area (Å²) in [6.45, 7) is 6.63. The molecule has 0 spiro atoms. The highest BCUT2D eigenvalue weighted by Crippen LogP contribution is 2.25. The molecule has 1 aliphatic rings. The van der Waals surface area contributed by atoms with E-state index in [0.29, 0.717) is 6.42 Å². The molecule has 0 saturated carbocycles. The number of imidazole rings is 1. The van der Waals surface area contributed by atoms with E-state index in [-0.39, 0.29) is 17.9 Å². The normalized spacial score (nSPS) is 19.0. The molecule has 1 fully saturated rings. The first kappa shape index (κ1) is 17.7. The van der Waals surface area contributed by atoms with Crippen molar-refractivity contribution >= 4 is 5.91 Å². The molecule has 1 aliphatic heterocycles. The fourth-order valence-corrected chi connectivity index (χ4v) is 3.51. The summed E-state index contributed by atoms with van der Waals surface area (Å²) in [6, 6.07) is 8.65. The molecular formula is C20H28N4O. The molecule has 0 aliphatic carbocycles. The van der Waals surface area contributed by atoms with Gasteiger partial charge in [-0.2, -0.15) is 0 Å². The summed E-state index contributed by atoms with van der Waals surface area (Å²) >= 11 is 0. The number of nitrogens with zero attached hydrogens (tertiary/aromatic N) is 3. The molecule has 0 radical (unpaired) electrons. The van der Waals surface area contributed by atoms with Gasteiger partial charge >= 0.3 is 0 Å². The summed E-state index contributed by atoms with van der Waals surface area (Å²) in [7, 11) is 1.98. The lowest BCUT2D eigenvalue weighted by Crippen LogP contribution is -2.49. The van der Waals surface area contributed by atoms with E-state index in [2.05, 4.69) is 48.4 Å². The van der Waals surface area contributed by atoms with Gasteiger partial charge in [0.15, 0.2) is 0 Å². The number of aromatic nitrogens is 2. The van der Waals surface area contributed by atoms with Crippen LogP contribution in [0.2, 0.25) is 0 Å². The zero-order valence-corrected chi connectivity index (χ0v) is 15.4. The van der Waals surface area contributed by atoms with Crippen LogP contribution in [-0.4, -0.2) is 40.0 Å². The Kier molecular flexibility index (Phi) is 5.53. The van der Waals surface area contributed by atoms with Crippen LogP contribution in [0.5, 0.6) is 0 Å². The number of benzene rings is 1. The molecule has 25 heavy (non-hydrogen) atoms. The summed E-state index contributed by atoms with van der Waals surface area (Å²) in [4.78, 5) is 19.4. The Morgan fingerprint density at radius 3 is 2.76 bits per heavy atom. The van der Waals surface area contributed by atoms with Crippen molar-refractivity contribution in [3.63, 3.8) is 0 Å². The number of hydrogen-bond acceptors (Lipinski definition) is 3. The molecule has 1 aromatic heterocycles. The van der Waals surface area contributed by atoms with E-state index in [4.69, 9.17) is 0 Å². The zero-order valence-electron chi connectivity index (χ0n) is 15.4. The third-order valence-electron chi connectivity index (χ3n) is 5.16. The summed E-state index contributed by atoms with van der Waals surface area (Å²) < 4.78 is 2.00. The molecule has 134 valence electrons. The van der Waals surface area contributed by atoms with Crippen molar-refractivity contribution in [2.45, 2.75) is 38.6 Å². The fourth-order valence-electron chi connectivity index (χ4n) is 3.51. The molecule has 2 heterocycles. The van der Waals surface area contributed by atoms with E-state index < -0.39 is 0 Å². The fraction of sp³-hybridized carbons (Fsp3) is 0.500. The second-order valence-corrected chi connectivity index (χ2v) is 6.90. The standard InChI is InChI=1S/C20H28N4O/c1-4-16-5-7-17(8-6-16)15(2)13-19(25)24-12-9-21-14-18(24)20-22-10-11-23(20)3/h5-8,10-11,15,18,21H,4,9,12-14H2,1-3H3. The van der Waals surface area contributed by atoms with Crippen LogP contribution in [0.4, 0.5) is 0 Å². The lowest BCUT2D eigenvalue weighted by Gasteiger charge is -2.36. The van der Waals surface area contributed by atoms with Crippen LogP contribution in [0.1, 0.15) is 49.2 Å². The summed E-state index contributed by atoms with van der Waals surface area (Å²) in [5.74, 6) is 1.37. The summed E-state index contributed by atoms with van der Waals surface area (Å²) in [5.41, 5.74) is 2.56. The van der Waals surface area contributed by atoms with Crippen LogP contribution < -0.4 is 5.32 Å². The van der Waals surface area contributed by atoms with Gasteiger partial charge in [0.2, 0.25) is 5.91 Å². The van der Waals surface area contributed by atoms with Crippen LogP contribution >= 0.6 is 0 Å². The highest BCUT2D eigenvalue weighted by atomic mass is 16.2. The largest absolute Gasteiger partial charge is 0.336 e. The number of piperazine rings is 1. The Morgan fingerprint density at radius 1 is 1.36 bits per heavy atom. The Bertz CT molecular complexity index is 707. The second kappa shape index (κ2) is 7.83. The first-order valence-electron chi connectivity index (χ1n) is 9.16. The number of amides is 1. The molecule has 0 bridgehead atoms. The summed E-state index contributed by atoms with van der Waals surface area (Å²) in [6.07, 6.45) is 5.31. The molecule has 1 aromatic carbocycles. The first-order chi connectivity index (χ1) is 12.1. The predicted octanol–water partition coefficient (Wildman–Crippen LogP) is 2.65. The van der Waals surface area contributed by atoms with Crippen molar-refractivity contribution in [2.75, 3.05) is 19.6 Å². The Balaban J connectivity index is 1.70. The number of carbonyl (C=O) groups excluding carboxylic acids is 1. The molecule has 5 heteroatoms. The van der Waals surface area contributed by atoms with Gasteiger partial charge in [0.25, 0.3) is 0 Å². The van der Waals surface area contributed by atoms with E-state index in [1.807, 2.05) is 22.7 Å². The van der Waals surface area contributed by atoms with E-state index in [1.54, 1.807) is 6.20 Å². The lowest BCUT2D eigenvalue weighted by molar-refractivity contribution is -0.135. The Labute approximate surface area is 150 Å². The molecule has 2 aromatic rings. The van der Waals surface area contributed by atoms with Gasteiger partial charge in [-0.1, -0.05) is 38.1 Å². The molecular weight excluding hydrogens is 312 g/mol. The van der Waals surface area contributed by atoms with E-state index in [1.165, 1.54) is 11.1 Å². The number of carbonyl (C=O) groups is 1. The minimum absolute atomic E-state index is 0.0101. The number of aryl methyl sites for hydroxylation is 2. The second-order valence-electron chi connectivity index (χ2n) is 6.90. The topological polar surface area (TPSA) is 50.2 Å². The summed E-state index contributed by atoms with van der Waals surface area (Å²) in [5, 5.41) is 3.39. The van der Waals surface area contributed by atoms with Crippen LogP contribution in [0.15, 0.2) is 36.7 Å². The van der Waals surface area contributed by atoms with Gasteiger partial charge in [-0.15, -0.1) is 0 Å².